The van der Waals surface area contributed by atoms with E-state index in [-0.39, 0.29) is 22.3 Å². The van der Waals surface area contributed by atoms with Crippen molar-refractivity contribution < 1.29 is 18.3 Å². The molecule has 0 amide bonds. The van der Waals surface area contributed by atoms with Crippen LogP contribution in [-0.2, 0) is 21.2 Å². The van der Waals surface area contributed by atoms with Gasteiger partial charge in [-0.2, -0.15) is 0 Å². The number of benzene rings is 2. The average Bonchev–Trinajstić information content (AvgIpc) is 2.61. The number of para-hydroxylation sites is 2. The summed E-state index contributed by atoms with van der Waals surface area (Å²) in [5, 5.41) is 8.64. The molecule has 3 aromatic rings. The zero-order valence-electron chi connectivity index (χ0n) is 13.4. The largest absolute Gasteiger partial charge is 0.481 e. The molecule has 0 atom stereocenters. The zero-order chi connectivity index (χ0) is 18.7. The number of rotatable bonds is 6. The van der Waals surface area contributed by atoms with Crippen LogP contribution in [-0.4, -0.2) is 29.5 Å². The summed E-state index contributed by atoms with van der Waals surface area (Å²) in [6, 6.07) is 12.9. The lowest BCUT2D eigenvalue weighted by Gasteiger charge is -2.10. The number of anilines is 1. The highest BCUT2D eigenvalue weighted by Crippen LogP contribution is 2.24. The van der Waals surface area contributed by atoms with Gasteiger partial charge >= 0.3 is 5.97 Å². The molecule has 134 valence electrons. The molecule has 3 rings (SSSR count). The number of halogens is 1. The highest BCUT2D eigenvalue weighted by molar-refractivity contribution is 7.92. The topological polar surface area (TPSA) is 109 Å². The molecule has 1 aromatic heterocycles. The van der Waals surface area contributed by atoms with E-state index in [1.807, 2.05) is 0 Å². The van der Waals surface area contributed by atoms with E-state index in [2.05, 4.69) is 14.7 Å². The number of sulfonamides is 1. The summed E-state index contributed by atoms with van der Waals surface area (Å²) in [6.45, 7) is 0. The second kappa shape index (κ2) is 7.27. The number of carbonyl (C=O) groups is 1. The number of nitrogens with one attached hydrogen (secondary N) is 1. The van der Waals surface area contributed by atoms with Gasteiger partial charge in [0.1, 0.15) is 0 Å². The number of hydrogen-bond acceptors (Lipinski definition) is 5. The Morgan fingerprint density at radius 2 is 1.65 bits per heavy atom. The lowest BCUT2D eigenvalue weighted by molar-refractivity contribution is -0.136. The maximum absolute atomic E-state index is 12.5. The monoisotopic (exact) mass is 391 g/mol. The lowest BCUT2D eigenvalue weighted by Crippen LogP contribution is -2.15. The molecule has 2 aromatic carbocycles. The summed E-state index contributed by atoms with van der Waals surface area (Å²) < 4.78 is 27.4. The second-order valence-corrected chi connectivity index (χ2v) is 7.54. The average molecular weight is 392 g/mol. The molecule has 0 saturated carbocycles. The fourth-order valence-corrected chi connectivity index (χ4v) is 3.56. The van der Waals surface area contributed by atoms with Gasteiger partial charge in [-0.3, -0.25) is 9.52 Å². The Balaban J connectivity index is 1.84. The summed E-state index contributed by atoms with van der Waals surface area (Å²) in [6.07, 6.45) is 0.303. The highest BCUT2D eigenvalue weighted by atomic mass is 35.5. The van der Waals surface area contributed by atoms with Crippen molar-refractivity contribution in [2.24, 2.45) is 0 Å². The third-order valence-electron chi connectivity index (χ3n) is 3.62. The quantitative estimate of drug-likeness (QED) is 0.668. The van der Waals surface area contributed by atoms with Crippen LogP contribution < -0.4 is 4.72 Å². The normalized spacial score (nSPS) is 11.4. The number of carboxylic acids is 1. The van der Waals surface area contributed by atoms with Crippen molar-refractivity contribution in [1.29, 1.82) is 0 Å². The van der Waals surface area contributed by atoms with Crippen LogP contribution in [0.5, 0.6) is 0 Å². The van der Waals surface area contributed by atoms with Gasteiger partial charge in [0.15, 0.2) is 11.0 Å². The Morgan fingerprint density at radius 1 is 1.04 bits per heavy atom. The third-order valence-corrected chi connectivity index (χ3v) is 5.24. The molecule has 9 heteroatoms. The minimum Gasteiger partial charge on any atom is -0.481 e. The number of fused-ring (bicyclic) bond motifs is 1. The summed E-state index contributed by atoms with van der Waals surface area (Å²) in [7, 11) is -3.91. The van der Waals surface area contributed by atoms with Gasteiger partial charge in [-0.15, -0.1) is 0 Å². The van der Waals surface area contributed by atoms with Crippen LogP contribution in [0, 0.1) is 0 Å². The molecule has 0 radical (unpaired) electrons. The van der Waals surface area contributed by atoms with Gasteiger partial charge in [-0.25, -0.2) is 18.4 Å². The summed E-state index contributed by atoms with van der Waals surface area (Å²) in [5.74, 6) is -0.965. The number of aromatic nitrogens is 2. The van der Waals surface area contributed by atoms with E-state index in [4.69, 9.17) is 16.7 Å². The van der Waals surface area contributed by atoms with E-state index in [9.17, 15) is 13.2 Å². The number of hydrogen-bond donors (Lipinski definition) is 2. The van der Waals surface area contributed by atoms with E-state index >= 15 is 0 Å². The highest BCUT2D eigenvalue weighted by Gasteiger charge is 2.18. The fourth-order valence-electron chi connectivity index (χ4n) is 2.32. The van der Waals surface area contributed by atoms with Crippen LogP contribution in [0.4, 0.5) is 5.82 Å². The Kier molecular flexibility index (Phi) is 5.06. The van der Waals surface area contributed by atoms with Crippen molar-refractivity contribution in [3.05, 3.63) is 59.2 Å². The zero-order valence-corrected chi connectivity index (χ0v) is 15.0. The van der Waals surface area contributed by atoms with Crippen molar-refractivity contribution in [2.45, 2.75) is 17.7 Å². The van der Waals surface area contributed by atoms with E-state index in [1.54, 1.807) is 36.4 Å². The first-order chi connectivity index (χ1) is 12.3. The molecule has 0 fully saturated rings. The minimum atomic E-state index is -3.91. The van der Waals surface area contributed by atoms with Crippen molar-refractivity contribution in [3.63, 3.8) is 0 Å². The van der Waals surface area contributed by atoms with E-state index in [0.717, 1.165) is 5.56 Å². The van der Waals surface area contributed by atoms with Crippen LogP contribution in [0.1, 0.15) is 12.0 Å². The molecule has 0 aliphatic carbocycles. The second-order valence-electron chi connectivity index (χ2n) is 5.49. The smallest absolute Gasteiger partial charge is 0.303 e. The SMILES string of the molecule is O=C(O)CCc1ccc(S(=O)(=O)Nc2nc3ccccc3nc2Cl)cc1. The van der Waals surface area contributed by atoms with Gasteiger partial charge in [-0.05, 0) is 36.2 Å². The Morgan fingerprint density at radius 3 is 2.27 bits per heavy atom. The molecule has 1 heterocycles. The Hall–Kier alpha value is -2.71. The van der Waals surface area contributed by atoms with Crippen molar-refractivity contribution in [1.82, 2.24) is 9.97 Å². The molecule has 0 aliphatic heterocycles. The van der Waals surface area contributed by atoms with E-state index < -0.39 is 16.0 Å². The van der Waals surface area contributed by atoms with E-state index in [1.165, 1.54) is 12.1 Å². The molecule has 0 unspecified atom stereocenters. The van der Waals surface area contributed by atoms with Crippen LogP contribution in [0.3, 0.4) is 0 Å². The fraction of sp³-hybridized carbons (Fsp3) is 0.118. The number of aryl methyl sites for hydroxylation is 1. The molecule has 26 heavy (non-hydrogen) atoms. The van der Waals surface area contributed by atoms with Crippen LogP contribution in [0.2, 0.25) is 5.15 Å². The first kappa shape index (κ1) is 18.1. The van der Waals surface area contributed by atoms with Gasteiger partial charge in [0.2, 0.25) is 0 Å². The maximum atomic E-state index is 12.5. The van der Waals surface area contributed by atoms with Crippen LogP contribution >= 0.6 is 11.6 Å². The number of carboxylic acid groups (broad SMARTS) is 1. The molecule has 0 bridgehead atoms. The summed E-state index contributed by atoms with van der Waals surface area (Å²) in [5.41, 5.74) is 1.80. The molecule has 0 aliphatic rings. The molecule has 2 N–H and O–H groups in total. The number of nitrogens with zero attached hydrogens (tertiary/aromatic N) is 2. The molecular formula is C17H14ClN3O4S. The third kappa shape index (κ3) is 4.09. The molecule has 0 spiro atoms. The predicted molar refractivity (Wildman–Crippen MR) is 97.8 cm³/mol. The van der Waals surface area contributed by atoms with Crippen molar-refractivity contribution in [2.75, 3.05) is 4.72 Å². The van der Waals surface area contributed by atoms with Gasteiger partial charge in [0.25, 0.3) is 10.0 Å². The maximum Gasteiger partial charge on any atom is 0.303 e. The molecule has 7 nitrogen and oxygen atoms in total. The van der Waals surface area contributed by atoms with Gasteiger partial charge < -0.3 is 5.11 Å². The van der Waals surface area contributed by atoms with Crippen LogP contribution in [0.15, 0.2) is 53.4 Å². The molecule has 0 saturated heterocycles. The standard InChI is InChI=1S/C17H14ClN3O4S/c18-16-17(20-14-4-2-1-3-13(14)19-16)21-26(24,25)12-8-5-11(6-9-12)7-10-15(22)23/h1-6,8-9H,7,10H2,(H,20,21)(H,22,23). The van der Waals surface area contributed by atoms with Gasteiger partial charge in [0, 0.05) is 6.42 Å². The van der Waals surface area contributed by atoms with Crippen molar-refractivity contribution in [3.8, 4) is 0 Å². The van der Waals surface area contributed by atoms with Gasteiger partial charge in [-0.1, -0.05) is 35.9 Å². The minimum absolute atomic E-state index is 0.0163. The van der Waals surface area contributed by atoms with Gasteiger partial charge in [0.05, 0.1) is 15.9 Å². The Bertz CT molecular complexity index is 1070. The summed E-state index contributed by atoms with van der Waals surface area (Å²) in [4.78, 5) is 18.9. The number of aliphatic carboxylic acids is 1. The van der Waals surface area contributed by atoms with Crippen LogP contribution in [0.25, 0.3) is 11.0 Å². The van der Waals surface area contributed by atoms with Crippen molar-refractivity contribution >= 4 is 44.4 Å². The first-order valence-corrected chi connectivity index (χ1v) is 9.47. The first-order valence-electron chi connectivity index (χ1n) is 7.61. The Labute approximate surface area is 154 Å². The molecular weight excluding hydrogens is 378 g/mol. The van der Waals surface area contributed by atoms with E-state index in [0.29, 0.717) is 17.5 Å². The summed E-state index contributed by atoms with van der Waals surface area (Å²) >= 11 is 6.04. The lowest BCUT2D eigenvalue weighted by atomic mass is 10.1. The predicted octanol–water partition coefficient (Wildman–Crippen LogP) is 3.10.